The normalized spacial score (nSPS) is 14.4. The summed E-state index contributed by atoms with van der Waals surface area (Å²) in [6.07, 6.45) is 18.2. The summed E-state index contributed by atoms with van der Waals surface area (Å²) < 4.78 is 3.43. The van der Waals surface area contributed by atoms with Gasteiger partial charge in [-0.2, -0.15) is 0 Å². The minimum atomic E-state index is 0.147. The first-order valence-electron chi connectivity index (χ1n) is 17.2. The summed E-state index contributed by atoms with van der Waals surface area (Å²) in [6, 6.07) is 41.2. The highest BCUT2D eigenvalue weighted by Gasteiger charge is 2.16. The van der Waals surface area contributed by atoms with Crippen LogP contribution in [0.1, 0.15) is 47.1 Å². The van der Waals surface area contributed by atoms with Gasteiger partial charge in [0, 0.05) is 35.0 Å². The van der Waals surface area contributed by atoms with E-state index in [4.69, 9.17) is 9.97 Å². The van der Waals surface area contributed by atoms with Crippen molar-refractivity contribution in [3.63, 3.8) is 0 Å². The number of anilines is 2. The van der Waals surface area contributed by atoms with Gasteiger partial charge in [0.25, 0.3) is 0 Å². The molecule has 1 aliphatic rings. The zero-order valence-corrected chi connectivity index (χ0v) is 30.9. The number of fused-ring (bicyclic) bond motifs is 2. The summed E-state index contributed by atoms with van der Waals surface area (Å²) in [5, 5.41) is 1.11. The van der Waals surface area contributed by atoms with Crippen LogP contribution in [0.4, 0.5) is 11.4 Å². The van der Waals surface area contributed by atoms with Crippen LogP contribution in [0.15, 0.2) is 158 Å². The maximum absolute atomic E-state index is 4.92. The van der Waals surface area contributed by atoms with E-state index < -0.39 is 0 Å². The fraction of sp³-hybridized carbons (Fsp3) is 0.136. The van der Waals surface area contributed by atoms with Gasteiger partial charge in [-0.15, -0.1) is 11.3 Å². The van der Waals surface area contributed by atoms with Gasteiger partial charge in [0.2, 0.25) is 0 Å². The Hall–Kier alpha value is -4.79. The van der Waals surface area contributed by atoms with Crippen molar-refractivity contribution in [2.24, 2.45) is 0 Å². The third-order valence-corrected chi connectivity index (χ3v) is 11.9. The van der Waals surface area contributed by atoms with Crippen molar-refractivity contribution in [3.05, 3.63) is 168 Å². The Morgan fingerprint density at radius 2 is 1.46 bits per heavy atom. The number of para-hydroxylation sites is 1. The number of allylic oxidation sites excluding steroid dienone is 5. The summed E-state index contributed by atoms with van der Waals surface area (Å²) in [6.45, 7) is 2.11. The molecule has 8 rings (SSSR count). The van der Waals surface area contributed by atoms with E-state index in [1.807, 2.05) is 24.4 Å². The number of halogens is 1. The van der Waals surface area contributed by atoms with Crippen molar-refractivity contribution in [1.29, 1.82) is 0 Å². The molecule has 3 heterocycles. The lowest BCUT2D eigenvalue weighted by Crippen LogP contribution is -2.15. The fourth-order valence-corrected chi connectivity index (χ4v) is 8.31. The molecule has 0 N–H and O–H groups in total. The first-order chi connectivity index (χ1) is 24.6. The lowest BCUT2D eigenvalue weighted by molar-refractivity contribution is 0.742. The molecule has 0 aliphatic heterocycles. The minimum absolute atomic E-state index is 0.147. The Kier molecular flexibility index (Phi) is 9.46. The maximum atomic E-state index is 4.92. The Balaban J connectivity index is 1.11. The third-order valence-electron chi connectivity index (χ3n) is 9.33. The van der Waals surface area contributed by atoms with Gasteiger partial charge in [0.05, 0.1) is 19.8 Å². The molecule has 0 radical (unpaired) electrons. The monoisotopic (exact) mass is 780 g/mol. The van der Waals surface area contributed by atoms with Crippen molar-refractivity contribution in [2.45, 2.75) is 36.5 Å². The van der Waals surface area contributed by atoms with Gasteiger partial charge in [0.1, 0.15) is 10.7 Å². The van der Waals surface area contributed by atoms with Gasteiger partial charge in [-0.05, 0) is 109 Å². The van der Waals surface area contributed by atoms with Crippen LogP contribution < -0.4 is 4.90 Å². The number of hydrogen-bond acceptors (Lipinski definition) is 4. The van der Waals surface area contributed by atoms with Gasteiger partial charge >= 0.3 is 0 Å². The summed E-state index contributed by atoms with van der Waals surface area (Å²) in [4.78, 5) is 12.1. The molecule has 246 valence electrons. The molecule has 6 heteroatoms. The van der Waals surface area contributed by atoms with Crippen LogP contribution in [0.2, 0.25) is 0 Å². The van der Waals surface area contributed by atoms with E-state index in [1.165, 1.54) is 52.6 Å². The smallest absolute Gasteiger partial charge is 0.137 e. The summed E-state index contributed by atoms with van der Waals surface area (Å²) in [5.41, 5.74) is 12.6. The standard InChI is InChI=1S/C44H37IN4S/c1-2-36(27-28-39(45)44-47-40-12-6-7-13-42(40)50-44)49(38-25-21-35(22-26-38)41-30-48-29-9-8-14-43(48)46-41)37-23-19-34(20-24-37)33-17-15-32(16-18-33)31-10-4-3-5-11-31/h2,6-10,12-30,39H,3-5,11H2,1H3/b28-27-,36-2+. The highest BCUT2D eigenvalue weighted by Crippen LogP contribution is 2.37. The van der Waals surface area contributed by atoms with E-state index in [0.717, 1.165) is 44.5 Å². The summed E-state index contributed by atoms with van der Waals surface area (Å²) >= 11 is 4.25. The lowest BCUT2D eigenvalue weighted by atomic mass is 9.92. The number of thiazole rings is 1. The van der Waals surface area contributed by atoms with Crippen LogP contribution in [0.3, 0.4) is 0 Å². The molecule has 4 nitrogen and oxygen atoms in total. The molecule has 0 fully saturated rings. The number of alkyl halides is 1. The Labute approximate surface area is 311 Å². The molecular formula is C44H37IN4S. The number of nitrogens with zero attached hydrogens (tertiary/aromatic N) is 4. The third kappa shape index (κ3) is 6.82. The molecule has 0 amide bonds. The molecule has 1 unspecified atom stereocenters. The molecular weight excluding hydrogens is 743 g/mol. The molecule has 0 saturated carbocycles. The number of benzene rings is 4. The van der Waals surface area contributed by atoms with Gasteiger partial charge < -0.3 is 9.30 Å². The average molecular weight is 781 g/mol. The molecule has 3 aromatic heterocycles. The van der Waals surface area contributed by atoms with Gasteiger partial charge in [-0.25, -0.2) is 9.97 Å². The Morgan fingerprint density at radius 1 is 0.780 bits per heavy atom. The van der Waals surface area contributed by atoms with Gasteiger partial charge in [-0.3, -0.25) is 0 Å². The number of rotatable bonds is 9. The first kappa shape index (κ1) is 32.4. The molecule has 0 bridgehead atoms. The largest absolute Gasteiger partial charge is 0.311 e. The van der Waals surface area contributed by atoms with Crippen LogP contribution in [0, 0.1) is 0 Å². The quantitative estimate of drug-likeness (QED) is 0.0831. The molecule has 50 heavy (non-hydrogen) atoms. The zero-order valence-electron chi connectivity index (χ0n) is 27.9. The molecule has 7 aromatic rings. The second kappa shape index (κ2) is 14.6. The van der Waals surface area contributed by atoms with Gasteiger partial charge in [0.15, 0.2) is 0 Å². The minimum Gasteiger partial charge on any atom is -0.311 e. The number of imidazole rings is 1. The Bertz CT molecular complexity index is 2280. The van der Waals surface area contributed by atoms with Crippen LogP contribution in [-0.4, -0.2) is 14.4 Å². The Morgan fingerprint density at radius 3 is 2.14 bits per heavy atom. The van der Waals surface area contributed by atoms with E-state index in [9.17, 15) is 0 Å². The van der Waals surface area contributed by atoms with Crippen LogP contribution >= 0.6 is 33.9 Å². The molecule has 1 aliphatic carbocycles. The fourth-order valence-electron chi connectivity index (χ4n) is 6.66. The van der Waals surface area contributed by atoms with E-state index in [2.05, 4.69) is 166 Å². The van der Waals surface area contributed by atoms with Crippen molar-refractivity contribution < 1.29 is 0 Å². The molecule has 0 saturated heterocycles. The highest BCUT2D eigenvalue weighted by molar-refractivity contribution is 14.1. The molecule has 0 spiro atoms. The summed E-state index contributed by atoms with van der Waals surface area (Å²) in [5.74, 6) is 0. The van der Waals surface area contributed by atoms with Gasteiger partial charge in [-0.1, -0.05) is 108 Å². The lowest BCUT2D eigenvalue weighted by Gasteiger charge is -2.27. The van der Waals surface area contributed by atoms with E-state index >= 15 is 0 Å². The number of hydrogen-bond donors (Lipinski definition) is 0. The second-order valence-electron chi connectivity index (χ2n) is 12.6. The highest BCUT2D eigenvalue weighted by atomic mass is 127. The zero-order chi connectivity index (χ0) is 33.9. The first-order valence-corrected chi connectivity index (χ1v) is 19.3. The molecule has 1 atom stereocenters. The van der Waals surface area contributed by atoms with Crippen molar-refractivity contribution >= 4 is 66.7 Å². The van der Waals surface area contributed by atoms with Crippen molar-refractivity contribution in [3.8, 4) is 22.4 Å². The number of aromatic nitrogens is 3. The molecule has 4 aromatic carbocycles. The maximum Gasteiger partial charge on any atom is 0.137 e. The SMILES string of the molecule is C/C=C(\C=C/C(I)c1nc2ccccc2s1)N(c1ccc(-c2ccc(C3=CCCCC3)cc2)cc1)c1ccc(-c2cn3ccccc3n2)cc1. The van der Waals surface area contributed by atoms with Crippen molar-refractivity contribution in [2.75, 3.05) is 4.90 Å². The second-order valence-corrected chi connectivity index (χ2v) is 15.0. The van der Waals surface area contributed by atoms with E-state index in [-0.39, 0.29) is 3.92 Å². The summed E-state index contributed by atoms with van der Waals surface area (Å²) in [7, 11) is 0. The van der Waals surface area contributed by atoms with E-state index in [0.29, 0.717) is 0 Å². The number of pyridine rings is 1. The predicted octanol–water partition coefficient (Wildman–Crippen LogP) is 13.0. The average Bonchev–Trinajstić information content (AvgIpc) is 3.82. The van der Waals surface area contributed by atoms with Crippen LogP contribution in [-0.2, 0) is 0 Å². The topological polar surface area (TPSA) is 33.4 Å². The van der Waals surface area contributed by atoms with E-state index in [1.54, 1.807) is 11.3 Å². The van der Waals surface area contributed by atoms with Crippen LogP contribution in [0.5, 0.6) is 0 Å². The van der Waals surface area contributed by atoms with Crippen molar-refractivity contribution in [1.82, 2.24) is 14.4 Å². The van der Waals surface area contributed by atoms with Crippen LogP contribution in [0.25, 0.3) is 43.8 Å². The predicted molar refractivity (Wildman–Crippen MR) is 220 cm³/mol.